The molecule has 0 heterocycles. The zero-order valence-corrected chi connectivity index (χ0v) is 13.0. The molecule has 0 spiro atoms. The van der Waals surface area contributed by atoms with E-state index in [0.29, 0.717) is 19.1 Å². The fraction of sp³-hybridized carbons (Fsp3) is 0.462. The number of carbonyl (C=O) groups is 1. The maximum absolute atomic E-state index is 11.4. The minimum atomic E-state index is -0.353. The van der Waals surface area contributed by atoms with Crippen molar-refractivity contribution in [2.75, 3.05) is 6.54 Å². The lowest BCUT2D eigenvalue weighted by atomic mass is 10.2. The summed E-state index contributed by atoms with van der Waals surface area (Å²) in [6.07, 6.45) is 1.71. The molecule has 1 saturated carbocycles. The lowest BCUT2D eigenvalue weighted by Crippen LogP contribution is -2.25. The summed E-state index contributed by atoms with van der Waals surface area (Å²) in [6.45, 7) is 0.966. The largest absolute Gasteiger partial charge is 0.445 e. The summed E-state index contributed by atoms with van der Waals surface area (Å²) in [5.74, 6) is 0.590. The number of hydrogen-bond acceptors (Lipinski definition) is 2. The van der Waals surface area contributed by atoms with E-state index in [0.717, 1.165) is 18.4 Å². The number of rotatable bonds is 5. The molecular weight excluding hydrogens is 362 g/mol. The van der Waals surface area contributed by atoms with E-state index in [-0.39, 0.29) is 9.33 Å². The molecule has 0 aliphatic heterocycles. The smallest absolute Gasteiger partial charge is 0.407 e. The minimum absolute atomic E-state index is 0.107. The summed E-state index contributed by atoms with van der Waals surface area (Å²) < 4.78 is 5.22. The van der Waals surface area contributed by atoms with E-state index in [1.807, 2.05) is 30.3 Å². The van der Waals surface area contributed by atoms with Crippen LogP contribution in [-0.2, 0) is 11.3 Å². The van der Waals surface area contributed by atoms with Gasteiger partial charge in [0.05, 0.1) is 3.23 Å². The average molecular weight is 377 g/mol. The average Bonchev–Trinajstić information content (AvgIpc) is 2.96. The molecule has 0 bridgehead atoms. The van der Waals surface area contributed by atoms with E-state index in [4.69, 9.17) is 4.74 Å². The Morgan fingerprint density at radius 1 is 1.39 bits per heavy atom. The van der Waals surface area contributed by atoms with Gasteiger partial charge < -0.3 is 10.1 Å². The molecule has 1 aliphatic rings. The molecule has 1 aromatic carbocycles. The number of hydrogen-bond donors (Lipinski definition) is 1. The topological polar surface area (TPSA) is 38.3 Å². The van der Waals surface area contributed by atoms with Gasteiger partial charge >= 0.3 is 6.09 Å². The van der Waals surface area contributed by atoms with Crippen molar-refractivity contribution in [3.63, 3.8) is 0 Å². The first-order chi connectivity index (χ1) is 8.58. The van der Waals surface area contributed by atoms with Crippen LogP contribution >= 0.6 is 31.9 Å². The maximum Gasteiger partial charge on any atom is 0.407 e. The van der Waals surface area contributed by atoms with Crippen LogP contribution in [0.5, 0.6) is 0 Å². The summed E-state index contributed by atoms with van der Waals surface area (Å²) in [4.78, 5) is 11.4. The number of alkyl halides is 2. The van der Waals surface area contributed by atoms with E-state index >= 15 is 0 Å². The van der Waals surface area contributed by atoms with E-state index < -0.39 is 0 Å². The highest BCUT2D eigenvalue weighted by molar-refractivity contribution is 9.25. The van der Waals surface area contributed by atoms with Gasteiger partial charge in [-0.2, -0.15) is 0 Å². The SMILES string of the molecule is O=C(NCCC1CC1(Br)Br)OCc1ccccc1. The molecule has 1 aromatic rings. The number of nitrogens with one attached hydrogen (secondary N) is 1. The molecule has 1 unspecified atom stereocenters. The molecule has 1 atom stereocenters. The molecule has 18 heavy (non-hydrogen) atoms. The lowest BCUT2D eigenvalue weighted by molar-refractivity contribution is 0.139. The number of benzene rings is 1. The summed E-state index contributed by atoms with van der Waals surface area (Å²) >= 11 is 7.11. The van der Waals surface area contributed by atoms with Gasteiger partial charge in [-0.25, -0.2) is 4.79 Å². The number of halogens is 2. The molecule has 1 amide bonds. The van der Waals surface area contributed by atoms with Crippen molar-refractivity contribution in [1.82, 2.24) is 5.32 Å². The van der Waals surface area contributed by atoms with Gasteiger partial charge in [0.15, 0.2) is 0 Å². The fourth-order valence-corrected chi connectivity index (χ4v) is 2.94. The standard InChI is InChI=1S/C13H15Br2NO2/c14-13(15)8-11(13)6-7-16-12(17)18-9-10-4-2-1-3-5-10/h1-5,11H,6-9H2,(H,16,17). The van der Waals surface area contributed by atoms with Gasteiger partial charge in [-0.1, -0.05) is 62.2 Å². The number of alkyl carbamates (subject to hydrolysis) is 1. The molecule has 0 radical (unpaired) electrons. The van der Waals surface area contributed by atoms with E-state index in [1.54, 1.807) is 0 Å². The van der Waals surface area contributed by atoms with Crippen molar-refractivity contribution in [2.45, 2.75) is 22.7 Å². The van der Waals surface area contributed by atoms with E-state index in [9.17, 15) is 4.79 Å². The van der Waals surface area contributed by atoms with Crippen molar-refractivity contribution in [1.29, 1.82) is 0 Å². The van der Waals surface area contributed by atoms with Gasteiger partial charge in [0.25, 0.3) is 0 Å². The third kappa shape index (κ3) is 4.28. The summed E-state index contributed by atoms with van der Waals surface area (Å²) in [6, 6.07) is 9.65. The Balaban J connectivity index is 1.58. The predicted molar refractivity (Wildman–Crippen MR) is 77.9 cm³/mol. The number of carbonyl (C=O) groups excluding carboxylic acids is 1. The second-order valence-corrected chi connectivity index (χ2v) is 8.33. The van der Waals surface area contributed by atoms with Gasteiger partial charge in [0, 0.05) is 6.54 Å². The van der Waals surface area contributed by atoms with Gasteiger partial charge in [0.1, 0.15) is 6.61 Å². The highest BCUT2D eigenvalue weighted by Gasteiger charge is 2.49. The third-order valence-electron chi connectivity index (χ3n) is 2.93. The molecule has 0 saturated heterocycles. The second-order valence-electron chi connectivity index (χ2n) is 4.44. The lowest BCUT2D eigenvalue weighted by Gasteiger charge is -2.07. The van der Waals surface area contributed by atoms with E-state index in [2.05, 4.69) is 37.2 Å². The summed E-state index contributed by atoms with van der Waals surface area (Å²) in [5.41, 5.74) is 0.995. The molecule has 5 heteroatoms. The first-order valence-electron chi connectivity index (χ1n) is 5.90. The van der Waals surface area contributed by atoms with Crippen LogP contribution in [0.1, 0.15) is 18.4 Å². The molecule has 3 nitrogen and oxygen atoms in total. The fourth-order valence-electron chi connectivity index (χ4n) is 1.71. The van der Waals surface area contributed by atoms with Crippen LogP contribution in [0.4, 0.5) is 4.79 Å². The molecule has 98 valence electrons. The Morgan fingerprint density at radius 2 is 2.06 bits per heavy atom. The van der Waals surface area contributed by atoms with Crippen LogP contribution in [0.2, 0.25) is 0 Å². The molecule has 1 aliphatic carbocycles. The Hall–Kier alpha value is -0.550. The Labute approximate surface area is 124 Å². The molecular formula is C13H15Br2NO2. The molecule has 0 aromatic heterocycles. The second kappa shape index (κ2) is 6.06. The van der Waals surface area contributed by atoms with Crippen LogP contribution < -0.4 is 5.32 Å². The quantitative estimate of drug-likeness (QED) is 0.793. The monoisotopic (exact) mass is 375 g/mol. The predicted octanol–water partition coefficient (Wildman–Crippen LogP) is 3.81. The van der Waals surface area contributed by atoms with Crippen molar-refractivity contribution in [2.24, 2.45) is 5.92 Å². The van der Waals surface area contributed by atoms with Gasteiger partial charge in [0.2, 0.25) is 0 Å². The van der Waals surface area contributed by atoms with Crippen molar-refractivity contribution >= 4 is 38.0 Å². The molecule has 1 N–H and O–H groups in total. The van der Waals surface area contributed by atoms with Gasteiger partial charge in [-0.3, -0.25) is 0 Å². The zero-order chi connectivity index (χ0) is 13.0. The minimum Gasteiger partial charge on any atom is -0.445 e. The van der Waals surface area contributed by atoms with Crippen molar-refractivity contribution in [3.05, 3.63) is 35.9 Å². The summed E-state index contributed by atoms with van der Waals surface area (Å²) in [7, 11) is 0. The number of amides is 1. The number of ether oxygens (including phenoxy) is 1. The van der Waals surface area contributed by atoms with Crippen molar-refractivity contribution < 1.29 is 9.53 Å². The first-order valence-corrected chi connectivity index (χ1v) is 7.49. The van der Waals surface area contributed by atoms with Crippen LogP contribution in [-0.4, -0.2) is 15.9 Å². The van der Waals surface area contributed by atoms with Crippen LogP contribution in [0, 0.1) is 5.92 Å². The Morgan fingerprint density at radius 3 is 2.67 bits per heavy atom. The Kier molecular flexibility index (Phi) is 4.67. The summed E-state index contributed by atoms with van der Waals surface area (Å²) in [5, 5.41) is 2.76. The highest BCUT2D eigenvalue weighted by atomic mass is 79.9. The molecule has 1 fully saturated rings. The highest BCUT2D eigenvalue weighted by Crippen LogP contribution is 2.57. The van der Waals surface area contributed by atoms with Gasteiger partial charge in [-0.05, 0) is 24.3 Å². The normalized spacial score (nSPS) is 20.2. The van der Waals surface area contributed by atoms with Crippen molar-refractivity contribution in [3.8, 4) is 0 Å². The first kappa shape index (κ1) is 13.9. The van der Waals surface area contributed by atoms with E-state index in [1.165, 1.54) is 0 Å². The van der Waals surface area contributed by atoms with Crippen LogP contribution in [0.25, 0.3) is 0 Å². The molecule has 2 rings (SSSR count). The maximum atomic E-state index is 11.4. The third-order valence-corrected chi connectivity index (χ3v) is 4.87. The van der Waals surface area contributed by atoms with Crippen LogP contribution in [0.3, 0.4) is 0 Å². The van der Waals surface area contributed by atoms with Gasteiger partial charge in [-0.15, -0.1) is 0 Å². The zero-order valence-electron chi connectivity index (χ0n) is 9.86. The van der Waals surface area contributed by atoms with Crippen LogP contribution in [0.15, 0.2) is 30.3 Å². The Bertz CT molecular complexity index is 409.